The van der Waals surface area contributed by atoms with Crippen LogP contribution in [-0.4, -0.2) is 125 Å². The van der Waals surface area contributed by atoms with E-state index in [1.54, 1.807) is 31.2 Å². The maximum absolute atomic E-state index is 13.1. The highest BCUT2D eigenvalue weighted by atomic mass is 16.7. The van der Waals surface area contributed by atoms with Crippen LogP contribution in [0.15, 0.2) is 36.5 Å². The minimum Gasteiger partial charge on any atom is -0.459 e. The van der Waals surface area contributed by atoms with Crippen molar-refractivity contribution >= 4 is 11.8 Å². The predicted octanol–water partition coefficient (Wildman–Crippen LogP) is 2.13. The summed E-state index contributed by atoms with van der Waals surface area (Å²) >= 11 is 0. The minimum atomic E-state index is -1.47. The van der Waals surface area contributed by atoms with Crippen molar-refractivity contribution in [3.63, 3.8) is 0 Å². The van der Waals surface area contributed by atoms with E-state index < -0.39 is 67.2 Å². The molecule has 0 aliphatic carbocycles. The molecule has 0 unspecified atom stereocenters. The summed E-state index contributed by atoms with van der Waals surface area (Å²) in [5, 5.41) is 41.8. The molecule has 0 aromatic rings. The number of carbonyl (C=O) groups is 2. The van der Waals surface area contributed by atoms with E-state index >= 15 is 0 Å². The number of ether oxygens (including phenoxy) is 5. The van der Waals surface area contributed by atoms with Gasteiger partial charge in [-0.25, -0.2) is 4.79 Å². The Bertz CT molecular complexity index is 1100. The summed E-state index contributed by atoms with van der Waals surface area (Å²) in [5.41, 5.74) is 0. The number of ketones is 1. The van der Waals surface area contributed by atoms with Gasteiger partial charge in [0.1, 0.15) is 30.5 Å². The molecule has 0 bridgehead atoms. The fourth-order valence-corrected chi connectivity index (χ4v) is 6.56. The fourth-order valence-electron chi connectivity index (χ4n) is 6.56. The highest BCUT2D eigenvalue weighted by molar-refractivity contribution is 5.91. The summed E-state index contributed by atoms with van der Waals surface area (Å²) in [6.45, 7) is 11.1. The van der Waals surface area contributed by atoms with Crippen LogP contribution in [0.2, 0.25) is 0 Å². The van der Waals surface area contributed by atoms with Crippen molar-refractivity contribution in [3.8, 4) is 0 Å². The molecule has 0 saturated carbocycles. The molecular formula is C35H57NO11. The van der Waals surface area contributed by atoms with Crippen LogP contribution in [0.3, 0.4) is 0 Å². The molecule has 268 valence electrons. The van der Waals surface area contributed by atoms with Crippen molar-refractivity contribution in [3.05, 3.63) is 36.5 Å². The molecule has 0 aromatic heterocycles. The van der Waals surface area contributed by atoms with Crippen molar-refractivity contribution in [1.29, 1.82) is 0 Å². The zero-order chi connectivity index (χ0) is 35.0. The number of allylic oxidation sites excluding steroid dienone is 3. The van der Waals surface area contributed by atoms with E-state index in [4.69, 9.17) is 23.7 Å². The number of hydrogen-bond acceptors (Lipinski definition) is 12. The molecule has 12 nitrogen and oxygen atoms in total. The molecule has 3 aliphatic heterocycles. The Hall–Kier alpha value is -2.00. The number of likely N-dealkylation sites (N-methyl/N-ethyl adjacent to an activating group) is 1. The predicted molar refractivity (Wildman–Crippen MR) is 174 cm³/mol. The summed E-state index contributed by atoms with van der Waals surface area (Å²) in [7, 11) is 3.82. The van der Waals surface area contributed by atoms with Gasteiger partial charge in [-0.15, -0.1) is 0 Å². The highest BCUT2D eigenvalue weighted by Gasteiger charge is 2.43. The van der Waals surface area contributed by atoms with E-state index in [9.17, 15) is 30.0 Å². The summed E-state index contributed by atoms with van der Waals surface area (Å²) in [6.07, 6.45) is 2.12. The van der Waals surface area contributed by atoms with Gasteiger partial charge in [-0.3, -0.25) is 4.79 Å². The lowest BCUT2D eigenvalue weighted by Gasteiger charge is -2.43. The standard InChI is InChI=1S/C35H57NO11/c1-9-27-24(18-43-34-32(42)31(41)29(39)23(6)45-34)12-10-11-13-26(37)20(3)16-21(4)33(19(2)14-15-28(38)46-27)47-35-30(40)25(36(7)8)17-22(5)44-35/h10-15,19-25,27,29-35,39-42H,9,16-18H2,1-8H3/b12-10-,13-11-,15-14-/t19-,20+,21-,22+,23-,24+,25+,27+,29-,30+,31+,32+,33+,34-,35-/m1/s1. The van der Waals surface area contributed by atoms with Crippen LogP contribution >= 0.6 is 0 Å². The molecule has 2 fully saturated rings. The van der Waals surface area contributed by atoms with E-state index in [0.717, 1.165) is 0 Å². The first-order valence-corrected chi connectivity index (χ1v) is 16.9. The molecule has 0 amide bonds. The van der Waals surface area contributed by atoms with Crippen molar-refractivity contribution < 1.29 is 53.7 Å². The zero-order valence-electron chi connectivity index (χ0n) is 29.0. The lowest BCUT2D eigenvalue weighted by molar-refractivity contribution is -0.295. The molecule has 2 saturated heterocycles. The van der Waals surface area contributed by atoms with Crippen LogP contribution in [0.1, 0.15) is 60.8 Å². The van der Waals surface area contributed by atoms with Crippen LogP contribution in [0.25, 0.3) is 0 Å². The Balaban J connectivity index is 1.84. The second-order valence-corrected chi connectivity index (χ2v) is 13.7. The zero-order valence-corrected chi connectivity index (χ0v) is 29.0. The van der Waals surface area contributed by atoms with Gasteiger partial charge >= 0.3 is 5.97 Å². The smallest absolute Gasteiger partial charge is 0.330 e. The second kappa shape index (κ2) is 18.1. The van der Waals surface area contributed by atoms with Crippen molar-refractivity contribution in [2.24, 2.45) is 23.7 Å². The Morgan fingerprint density at radius 3 is 2.21 bits per heavy atom. The number of esters is 1. The molecule has 15 atom stereocenters. The van der Waals surface area contributed by atoms with Gasteiger partial charge in [0.15, 0.2) is 18.4 Å². The average molecular weight is 668 g/mol. The minimum absolute atomic E-state index is 0.0403. The van der Waals surface area contributed by atoms with Crippen molar-refractivity contribution in [2.75, 3.05) is 20.7 Å². The maximum atomic E-state index is 13.1. The van der Waals surface area contributed by atoms with Crippen LogP contribution < -0.4 is 0 Å². The summed E-state index contributed by atoms with van der Waals surface area (Å²) in [4.78, 5) is 28.2. The first-order valence-electron chi connectivity index (χ1n) is 16.9. The number of hydrogen-bond donors (Lipinski definition) is 4. The molecule has 0 aromatic carbocycles. The number of rotatable bonds is 7. The Labute approximate surface area is 279 Å². The number of carbonyl (C=O) groups excluding carboxylic acids is 2. The largest absolute Gasteiger partial charge is 0.459 e. The SMILES string of the molecule is CC[C@@H]1OC(=O)/C=C\[C@@H](C)[C@H](O[C@H]2O[C@@H](C)C[C@H](N(C)C)[C@@H]2O)[C@H](C)C[C@H](C)C(=O)/C=C\C=C/[C@H]1CO[C@@H]1O[C@H](C)[C@@H](O)[C@H](O)[C@@H]1O. The van der Waals surface area contributed by atoms with Gasteiger partial charge < -0.3 is 49.0 Å². The van der Waals surface area contributed by atoms with Crippen molar-refractivity contribution in [1.82, 2.24) is 4.90 Å². The van der Waals surface area contributed by atoms with Gasteiger partial charge in [0, 0.05) is 29.9 Å². The molecule has 3 aliphatic rings. The number of cyclic esters (lactones) is 1. The van der Waals surface area contributed by atoms with Crippen molar-refractivity contribution in [2.45, 2.75) is 128 Å². The van der Waals surface area contributed by atoms with Gasteiger partial charge in [-0.2, -0.15) is 0 Å². The van der Waals surface area contributed by atoms with Crippen LogP contribution in [0.5, 0.6) is 0 Å². The summed E-state index contributed by atoms with van der Waals surface area (Å²) in [5.74, 6) is -1.87. The molecule has 4 N–H and O–H groups in total. The second-order valence-electron chi connectivity index (χ2n) is 13.7. The normalized spacial score (nSPS) is 44.9. The highest BCUT2D eigenvalue weighted by Crippen LogP contribution is 2.31. The monoisotopic (exact) mass is 667 g/mol. The Kier molecular flexibility index (Phi) is 15.2. The van der Waals surface area contributed by atoms with E-state index in [2.05, 4.69) is 0 Å². The average Bonchev–Trinajstić information content (AvgIpc) is 3.02. The first-order chi connectivity index (χ1) is 22.1. The van der Waals surface area contributed by atoms with E-state index in [1.807, 2.05) is 53.6 Å². The summed E-state index contributed by atoms with van der Waals surface area (Å²) in [6, 6.07) is -0.152. The first kappa shape index (κ1) is 39.4. The Morgan fingerprint density at radius 2 is 1.55 bits per heavy atom. The van der Waals surface area contributed by atoms with Gasteiger partial charge in [0.05, 0.1) is 24.9 Å². The third-order valence-electron chi connectivity index (χ3n) is 9.53. The van der Waals surface area contributed by atoms with Crippen LogP contribution in [0, 0.1) is 23.7 Å². The van der Waals surface area contributed by atoms with Crippen LogP contribution in [0.4, 0.5) is 0 Å². The lowest BCUT2D eigenvalue weighted by atomic mass is 9.84. The van der Waals surface area contributed by atoms with Crippen LogP contribution in [-0.2, 0) is 33.3 Å². The Morgan fingerprint density at radius 1 is 0.851 bits per heavy atom. The summed E-state index contributed by atoms with van der Waals surface area (Å²) < 4.78 is 29.8. The fraction of sp³-hybridized carbons (Fsp3) is 0.771. The molecular weight excluding hydrogens is 610 g/mol. The number of aliphatic hydroxyl groups is 4. The molecule has 3 rings (SSSR count). The number of aliphatic hydroxyl groups excluding tert-OH is 4. The molecule has 12 heteroatoms. The number of nitrogens with zero attached hydrogens (tertiary/aromatic N) is 1. The van der Waals surface area contributed by atoms with Gasteiger partial charge in [-0.05, 0) is 59.2 Å². The van der Waals surface area contributed by atoms with E-state index in [1.165, 1.54) is 12.2 Å². The quantitative estimate of drug-likeness (QED) is 0.293. The molecule has 0 radical (unpaired) electrons. The molecule has 3 heterocycles. The van der Waals surface area contributed by atoms with Gasteiger partial charge in [-0.1, -0.05) is 52.0 Å². The molecule has 47 heavy (non-hydrogen) atoms. The third-order valence-corrected chi connectivity index (χ3v) is 9.53. The van der Waals surface area contributed by atoms with Gasteiger partial charge in [0.25, 0.3) is 0 Å². The van der Waals surface area contributed by atoms with Gasteiger partial charge in [0.2, 0.25) is 0 Å². The molecule has 0 spiro atoms. The van der Waals surface area contributed by atoms with E-state index in [-0.39, 0.29) is 42.3 Å². The topological polar surface area (TPSA) is 164 Å². The van der Waals surface area contributed by atoms with E-state index in [0.29, 0.717) is 19.3 Å². The lowest BCUT2D eigenvalue weighted by Crippen LogP contribution is -2.57. The third kappa shape index (κ3) is 10.7. The maximum Gasteiger partial charge on any atom is 0.330 e.